The molecule has 2 aromatic rings. The summed E-state index contributed by atoms with van der Waals surface area (Å²) >= 11 is 5.52. The van der Waals surface area contributed by atoms with E-state index >= 15 is 0 Å². The van der Waals surface area contributed by atoms with Crippen LogP contribution in [0.15, 0.2) is 36.4 Å². The van der Waals surface area contributed by atoms with E-state index < -0.39 is 34.2 Å². The number of benzene rings is 2. The predicted molar refractivity (Wildman–Crippen MR) is 95.9 cm³/mol. The highest BCUT2D eigenvalue weighted by Gasteiger charge is 2.33. The number of rotatable bonds is 3. The molecular formula is C18H17ClF4N2O2. The van der Waals surface area contributed by atoms with Crippen molar-refractivity contribution < 1.29 is 27.1 Å². The minimum atomic E-state index is -4.66. The highest BCUT2D eigenvalue weighted by Crippen LogP contribution is 2.36. The third kappa shape index (κ3) is 6.02. The van der Waals surface area contributed by atoms with E-state index in [1.54, 1.807) is 20.8 Å². The summed E-state index contributed by atoms with van der Waals surface area (Å²) in [5.74, 6) is -0.672. The largest absolute Gasteiger partial charge is 0.485 e. The molecule has 146 valence electrons. The van der Waals surface area contributed by atoms with Gasteiger partial charge in [-0.2, -0.15) is 13.2 Å². The summed E-state index contributed by atoms with van der Waals surface area (Å²) in [4.78, 5) is 12.0. The number of ether oxygens (including phenoxy) is 1. The van der Waals surface area contributed by atoms with Crippen molar-refractivity contribution in [3.8, 4) is 5.75 Å². The van der Waals surface area contributed by atoms with E-state index in [-0.39, 0.29) is 17.1 Å². The second kappa shape index (κ2) is 7.64. The van der Waals surface area contributed by atoms with E-state index in [1.165, 1.54) is 18.2 Å². The summed E-state index contributed by atoms with van der Waals surface area (Å²) in [6.45, 7) is 5.27. The fourth-order valence-electron chi connectivity index (χ4n) is 2.10. The number of nitrogens with one attached hydrogen (secondary N) is 2. The van der Waals surface area contributed by atoms with Crippen molar-refractivity contribution in [3.63, 3.8) is 0 Å². The van der Waals surface area contributed by atoms with Crippen molar-refractivity contribution in [1.82, 2.24) is 0 Å². The Morgan fingerprint density at radius 1 is 1.00 bits per heavy atom. The lowest BCUT2D eigenvalue weighted by Crippen LogP contribution is -2.23. The Morgan fingerprint density at radius 2 is 1.56 bits per heavy atom. The number of hydrogen-bond donors (Lipinski definition) is 2. The standard InChI is InChI=1S/C18H17ClF4N2O2/c1-17(2,3)27-15-7-5-11(9-14(15)20)25-16(26)24-10-4-6-13(19)12(8-10)18(21,22)23/h4-9H,1-3H3,(H2,24,25,26). The number of carbonyl (C=O) groups excluding carboxylic acids is 1. The SMILES string of the molecule is CC(C)(C)Oc1ccc(NC(=O)Nc2ccc(Cl)c(C(F)(F)F)c2)cc1F. The van der Waals surface area contributed by atoms with Crippen LogP contribution in [0.25, 0.3) is 0 Å². The van der Waals surface area contributed by atoms with Crippen LogP contribution in [-0.2, 0) is 6.18 Å². The molecule has 0 atom stereocenters. The lowest BCUT2D eigenvalue weighted by Gasteiger charge is -2.21. The normalized spacial score (nSPS) is 11.9. The molecule has 0 saturated carbocycles. The van der Waals surface area contributed by atoms with Crippen LogP contribution >= 0.6 is 11.6 Å². The molecule has 9 heteroatoms. The number of hydrogen-bond acceptors (Lipinski definition) is 2. The molecule has 0 spiro atoms. The third-order valence-electron chi connectivity index (χ3n) is 3.14. The van der Waals surface area contributed by atoms with E-state index in [9.17, 15) is 22.4 Å². The van der Waals surface area contributed by atoms with Crippen LogP contribution in [0.2, 0.25) is 5.02 Å². The van der Waals surface area contributed by atoms with Crippen LogP contribution in [0.4, 0.5) is 33.7 Å². The second-order valence-electron chi connectivity index (χ2n) is 6.63. The maximum Gasteiger partial charge on any atom is 0.417 e. The summed E-state index contributed by atoms with van der Waals surface area (Å²) in [6.07, 6.45) is -4.66. The number of anilines is 2. The summed E-state index contributed by atoms with van der Waals surface area (Å²) in [5.41, 5.74) is -1.68. The van der Waals surface area contributed by atoms with E-state index in [0.717, 1.165) is 12.1 Å². The quantitative estimate of drug-likeness (QED) is 0.588. The van der Waals surface area contributed by atoms with Crippen molar-refractivity contribution in [1.29, 1.82) is 0 Å². The fraction of sp³-hybridized carbons (Fsp3) is 0.278. The van der Waals surface area contributed by atoms with Gasteiger partial charge in [0.05, 0.1) is 10.6 Å². The van der Waals surface area contributed by atoms with Crippen LogP contribution in [0, 0.1) is 5.82 Å². The zero-order valence-corrected chi connectivity index (χ0v) is 15.4. The highest BCUT2D eigenvalue weighted by molar-refractivity contribution is 6.31. The van der Waals surface area contributed by atoms with Gasteiger partial charge in [0.25, 0.3) is 0 Å². The Bertz CT molecular complexity index is 848. The van der Waals surface area contributed by atoms with Crippen molar-refractivity contribution in [3.05, 3.63) is 52.8 Å². The number of carbonyl (C=O) groups is 1. The first kappa shape index (κ1) is 20.8. The first-order chi connectivity index (χ1) is 12.3. The molecule has 0 aliphatic rings. The molecule has 0 aliphatic carbocycles. The van der Waals surface area contributed by atoms with E-state index in [4.69, 9.17) is 16.3 Å². The molecule has 2 amide bonds. The Hall–Kier alpha value is -2.48. The van der Waals surface area contributed by atoms with Crippen molar-refractivity contribution >= 4 is 29.0 Å². The lowest BCUT2D eigenvalue weighted by molar-refractivity contribution is -0.137. The average Bonchev–Trinajstić information content (AvgIpc) is 2.49. The molecule has 0 fully saturated rings. The summed E-state index contributed by atoms with van der Waals surface area (Å²) in [7, 11) is 0. The molecule has 2 N–H and O–H groups in total. The average molecular weight is 405 g/mol. The first-order valence-corrected chi connectivity index (χ1v) is 8.16. The maximum atomic E-state index is 14.0. The predicted octanol–water partition coefficient (Wildman–Crippen LogP) is 6.32. The molecule has 0 radical (unpaired) electrons. The van der Waals surface area contributed by atoms with Gasteiger partial charge in [0.1, 0.15) is 5.60 Å². The summed E-state index contributed by atoms with van der Waals surface area (Å²) in [6, 6.07) is 5.92. The van der Waals surface area contributed by atoms with Gasteiger partial charge in [0.2, 0.25) is 0 Å². The van der Waals surface area contributed by atoms with Crippen LogP contribution in [0.1, 0.15) is 26.3 Å². The lowest BCUT2D eigenvalue weighted by atomic mass is 10.2. The van der Waals surface area contributed by atoms with E-state index in [1.807, 2.05) is 0 Å². The second-order valence-corrected chi connectivity index (χ2v) is 7.04. The summed E-state index contributed by atoms with van der Waals surface area (Å²) in [5, 5.41) is 4.09. The minimum absolute atomic E-state index is 0.0148. The van der Waals surface area contributed by atoms with Crippen LogP contribution in [-0.4, -0.2) is 11.6 Å². The molecule has 2 aromatic carbocycles. The number of urea groups is 1. The molecule has 2 rings (SSSR count). The number of alkyl halides is 3. The third-order valence-corrected chi connectivity index (χ3v) is 3.47. The van der Waals surface area contributed by atoms with Crippen LogP contribution in [0.3, 0.4) is 0 Å². The van der Waals surface area contributed by atoms with Gasteiger partial charge in [-0.25, -0.2) is 9.18 Å². The van der Waals surface area contributed by atoms with Gasteiger partial charge in [0, 0.05) is 17.4 Å². The molecule has 4 nitrogen and oxygen atoms in total. The van der Waals surface area contributed by atoms with Crippen molar-refractivity contribution in [2.24, 2.45) is 0 Å². The van der Waals surface area contributed by atoms with E-state index in [2.05, 4.69) is 10.6 Å². The van der Waals surface area contributed by atoms with Crippen LogP contribution < -0.4 is 15.4 Å². The Balaban J connectivity index is 2.09. The molecule has 27 heavy (non-hydrogen) atoms. The Kier molecular flexibility index (Phi) is 5.89. The maximum absolute atomic E-state index is 14.0. The molecule has 0 heterocycles. The Labute approximate surface area is 158 Å². The zero-order valence-electron chi connectivity index (χ0n) is 14.7. The monoisotopic (exact) mass is 404 g/mol. The minimum Gasteiger partial charge on any atom is -0.485 e. The van der Waals surface area contributed by atoms with Gasteiger partial charge in [-0.1, -0.05) is 11.6 Å². The topological polar surface area (TPSA) is 50.4 Å². The van der Waals surface area contributed by atoms with Gasteiger partial charge in [-0.3, -0.25) is 0 Å². The molecule has 0 aliphatic heterocycles. The van der Waals surface area contributed by atoms with E-state index in [0.29, 0.717) is 6.07 Å². The first-order valence-electron chi connectivity index (χ1n) is 7.78. The molecule has 0 bridgehead atoms. The number of halogens is 5. The summed E-state index contributed by atoms with van der Waals surface area (Å²) < 4.78 is 58.0. The Morgan fingerprint density at radius 3 is 2.07 bits per heavy atom. The van der Waals surface area contributed by atoms with Gasteiger partial charge < -0.3 is 15.4 Å². The zero-order chi connectivity index (χ0) is 20.4. The van der Waals surface area contributed by atoms with Gasteiger partial charge in [-0.15, -0.1) is 0 Å². The smallest absolute Gasteiger partial charge is 0.417 e. The van der Waals surface area contributed by atoms with Crippen molar-refractivity contribution in [2.75, 3.05) is 10.6 Å². The van der Waals surface area contributed by atoms with Crippen LogP contribution in [0.5, 0.6) is 5.75 Å². The molecule has 0 unspecified atom stereocenters. The molecule has 0 saturated heterocycles. The fourth-order valence-corrected chi connectivity index (χ4v) is 2.33. The highest BCUT2D eigenvalue weighted by atomic mass is 35.5. The van der Waals surface area contributed by atoms with Gasteiger partial charge in [-0.05, 0) is 51.1 Å². The molecule has 0 aromatic heterocycles. The number of amides is 2. The molecular weight excluding hydrogens is 388 g/mol. The van der Waals surface area contributed by atoms with Gasteiger partial charge >= 0.3 is 12.2 Å². The van der Waals surface area contributed by atoms with Gasteiger partial charge in [0.15, 0.2) is 11.6 Å². The van der Waals surface area contributed by atoms with Crippen molar-refractivity contribution in [2.45, 2.75) is 32.5 Å².